The predicted molar refractivity (Wildman–Crippen MR) is 169 cm³/mol. The van der Waals surface area contributed by atoms with Gasteiger partial charge in [0.15, 0.2) is 11.6 Å². The van der Waals surface area contributed by atoms with Gasteiger partial charge in [-0.15, -0.1) is 0 Å². The summed E-state index contributed by atoms with van der Waals surface area (Å²) in [5.74, 6) is 3.71. The summed E-state index contributed by atoms with van der Waals surface area (Å²) < 4.78 is 12.1. The Morgan fingerprint density at radius 3 is 2.46 bits per heavy atom. The highest BCUT2D eigenvalue weighted by atomic mass is 16.5. The van der Waals surface area contributed by atoms with Gasteiger partial charge in [-0.05, 0) is 67.6 Å². The van der Waals surface area contributed by atoms with Crippen LogP contribution in [0, 0.1) is 13.8 Å². The fraction of sp³-hybridized carbons (Fsp3) is 0.344. The summed E-state index contributed by atoms with van der Waals surface area (Å²) in [6.07, 6.45) is 6.36. The van der Waals surface area contributed by atoms with Crippen molar-refractivity contribution < 1.29 is 9.47 Å². The number of piperazine rings is 1. The van der Waals surface area contributed by atoms with Gasteiger partial charge in [0.05, 0.1) is 24.2 Å². The van der Waals surface area contributed by atoms with E-state index in [1.165, 1.54) is 12.7 Å². The number of benzene rings is 2. The van der Waals surface area contributed by atoms with Gasteiger partial charge < -0.3 is 29.9 Å². The van der Waals surface area contributed by atoms with Crippen molar-refractivity contribution in [2.45, 2.75) is 34.1 Å². The highest BCUT2D eigenvalue weighted by Gasteiger charge is 2.21. The number of nitrogens with zero attached hydrogens (tertiary/aromatic N) is 5. The summed E-state index contributed by atoms with van der Waals surface area (Å²) in [4.78, 5) is 17.9. The largest absolute Gasteiger partial charge is 0.492 e. The van der Waals surface area contributed by atoms with Crippen LogP contribution in [0.25, 0.3) is 10.9 Å². The molecule has 1 aliphatic rings. The van der Waals surface area contributed by atoms with Gasteiger partial charge >= 0.3 is 0 Å². The standard InChI is InChI=1S/C29H33N7O2.C3H8/c1-6-35(4)24-9-8-22(16-19(24)2)38-25-10-7-21(15-20(25)3)34-28-26-23(32-18-33-28)17-31-29(27(26)37-5)36-13-11-30-12-14-36;1-3-2/h6-10,15-18,30H,1,11-14H2,2-5H3,(H,32,33,34);3H2,1-2H3. The molecule has 1 saturated heterocycles. The normalized spacial score (nSPS) is 12.8. The molecule has 3 heterocycles. The van der Waals surface area contributed by atoms with Crippen molar-refractivity contribution in [3.63, 3.8) is 0 Å². The number of ether oxygens (including phenoxy) is 2. The Bertz CT molecular complexity index is 1480. The van der Waals surface area contributed by atoms with Crippen molar-refractivity contribution in [3.8, 4) is 17.2 Å². The van der Waals surface area contributed by atoms with Gasteiger partial charge in [0, 0.05) is 44.6 Å². The molecule has 0 unspecified atom stereocenters. The van der Waals surface area contributed by atoms with E-state index in [2.05, 4.69) is 57.8 Å². The fourth-order valence-electron chi connectivity index (χ4n) is 4.69. The first-order valence-electron chi connectivity index (χ1n) is 14.0. The van der Waals surface area contributed by atoms with Gasteiger partial charge in [0.2, 0.25) is 0 Å². The first-order chi connectivity index (χ1) is 19.9. The molecule has 0 aliphatic carbocycles. The van der Waals surface area contributed by atoms with E-state index in [1.807, 2.05) is 55.3 Å². The smallest absolute Gasteiger partial charge is 0.174 e. The minimum absolute atomic E-state index is 0.663. The third kappa shape index (κ3) is 6.86. The molecule has 0 radical (unpaired) electrons. The van der Waals surface area contributed by atoms with Crippen LogP contribution in [0.5, 0.6) is 17.2 Å². The number of hydrogen-bond acceptors (Lipinski definition) is 9. The maximum absolute atomic E-state index is 6.22. The number of pyridine rings is 1. The van der Waals surface area contributed by atoms with Gasteiger partial charge in [0.25, 0.3) is 0 Å². The maximum atomic E-state index is 6.22. The number of aromatic nitrogens is 3. The lowest BCUT2D eigenvalue weighted by atomic mass is 10.1. The highest BCUT2D eigenvalue weighted by Crippen LogP contribution is 2.38. The topological polar surface area (TPSA) is 87.7 Å². The number of anilines is 4. The van der Waals surface area contributed by atoms with E-state index in [1.54, 1.807) is 19.5 Å². The van der Waals surface area contributed by atoms with Crippen molar-refractivity contribution in [1.29, 1.82) is 0 Å². The molecule has 0 bridgehead atoms. The molecule has 0 amide bonds. The van der Waals surface area contributed by atoms with Gasteiger partial charge in [0.1, 0.15) is 23.6 Å². The van der Waals surface area contributed by atoms with Gasteiger partial charge in [-0.2, -0.15) is 0 Å². The molecular weight excluding hydrogens is 514 g/mol. The van der Waals surface area contributed by atoms with E-state index >= 15 is 0 Å². The Morgan fingerprint density at radius 1 is 1.05 bits per heavy atom. The molecule has 9 nitrogen and oxygen atoms in total. The second-order valence-electron chi connectivity index (χ2n) is 9.99. The zero-order valence-corrected chi connectivity index (χ0v) is 25.0. The summed E-state index contributed by atoms with van der Waals surface area (Å²) in [6.45, 7) is 15.7. The SMILES string of the molecule is C=CN(C)c1ccc(Oc2ccc(Nc3ncnc4cnc(N5CCNCC5)c(OC)c34)cc2C)cc1C.CCC. The van der Waals surface area contributed by atoms with E-state index in [0.29, 0.717) is 11.6 Å². The third-order valence-electron chi connectivity index (χ3n) is 6.72. The van der Waals surface area contributed by atoms with Crippen molar-refractivity contribution in [2.24, 2.45) is 0 Å². The van der Waals surface area contributed by atoms with Gasteiger partial charge in [-0.25, -0.2) is 15.0 Å². The van der Waals surface area contributed by atoms with Crippen LogP contribution in [0.4, 0.5) is 23.0 Å². The van der Waals surface area contributed by atoms with Crippen LogP contribution in [0.15, 0.2) is 61.7 Å². The highest BCUT2D eigenvalue weighted by molar-refractivity contribution is 5.98. The van der Waals surface area contributed by atoms with Crippen LogP contribution in [0.2, 0.25) is 0 Å². The molecule has 2 aromatic heterocycles. The molecule has 0 atom stereocenters. The van der Waals surface area contributed by atoms with E-state index in [4.69, 9.17) is 9.47 Å². The average molecular weight is 556 g/mol. The van der Waals surface area contributed by atoms with Crippen LogP contribution in [-0.2, 0) is 0 Å². The van der Waals surface area contributed by atoms with E-state index in [0.717, 1.165) is 76.9 Å². The lowest BCUT2D eigenvalue weighted by molar-refractivity contribution is 0.416. The Kier molecular flexibility index (Phi) is 9.97. The number of methoxy groups -OCH3 is 1. The van der Waals surface area contributed by atoms with E-state index < -0.39 is 0 Å². The Morgan fingerprint density at radius 2 is 1.80 bits per heavy atom. The van der Waals surface area contributed by atoms with Gasteiger partial charge in [-0.1, -0.05) is 26.8 Å². The van der Waals surface area contributed by atoms with Crippen molar-refractivity contribution in [3.05, 3.63) is 72.8 Å². The molecule has 2 aromatic carbocycles. The first kappa shape index (κ1) is 29.6. The lowest BCUT2D eigenvalue weighted by Crippen LogP contribution is -2.44. The zero-order chi connectivity index (χ0) is 29.4. The van der Waals surface area contributed by atoms with Crippen LogP contribution in [0.1, 0.15) is 31.4 Å². The monoisotopic (exact) mass is 555 g/mol. The minimum atomic E-state index is 0.663. The van der Waals surface area contributed by atoms with Crippen LogP contribution >= 0.6 is 0 Å². The molecule has 41 heavy (non-hydrogen) atoms. The number of fused-ring (bicyclic) bond motifs is 1. The van der Waals surface area contributed by atoms with Crippen molar-refractivity contribution in [1.82, 2.24) is 20.3 Å². The Balaban J connectivity index is 0.00000124. The predicted octanol–water partition coefficient (Wildman–Crippen LogP) is 6.59. The molecule has 1 aliphatic heterocycles. The van der Waals surface area contributed by atoms with Crippen LogP contribution in [0.3, 0.4) is 0 Å². The second kappa shape index (κ2) is 13.8. The summed E-state index contributed by atoms with van der Waals surface area (Å²) in [7, 11) is 3.64. The Hall–Kier alpha value is -4.37. The molecular formula is C32H41N7O2. The van der Waals surface area contributed by atoms with Crippen LogP contribution in [-0.4, -0.2) is 55.3 Å². The average Bonchev–Trinajstić information content (AvgIpc) is 2.98. The Labute approximate surface area is 243 Å². The molecule has 9 heteroatoms. The molecule has 216 valence electrons. The molecule has 0 saturated carbocycles. The quantitative estimate of drug-likeness (QED) is 0.250. The maximum Gasteiger partial charge on any atom is 0.174 e. The number of aryl methyl sites for hydroxylation is 2. The summed E-state index contributed by atoms with van der Waals surface area (Å²) in [6, 6.07) is 12.0. The lowest BCUT2D eigenvalue weighted by Gasteiger charge is -2.29. The van der Waals surface area contributed by atoms with E-state index in [9.17, 15) is 0 Å². The fourth-order valence-corrected chi connectivity index (χ4v) is 4.69. The molecule has 2 N–H and O–H groups in total. The summed E-state index contributed by atoms with van der Waals surface area (Å²) in [5, 5.41) is 7.64. The van der Waals surface area contributed by atoms with Crippen molar-refractivity contribution in [2.75, 3.05) is 55.5 Å². The van der Waals surface area contributed by atoms with Crippen molar-refractivity contribution >= 4 is 33.9 Å². The number of rotatable bonds is 8. The minimum Gasteiger partial charge on any atom is -0.492 e. The second-order valence-corrected chi connectivity index (χ2v) is 9.99. The third-order valence-corrected chi connectivity index (χ3v) is 6.72. The van der Waals surface area contributed by atoms with Crippen LogP contribution < -0.4 is 29.9 Å². The zero-order valence-electron chi connectivity index (χ0n) is 25.0. The molecule has 0 spiro atoms. The molecule has 4 aromatic rings. The summed E-state index contributed by atoms with van der Waals surface area (Å²) >= 11 is 0. The van der Waals surface area contributed by atoms with E-state index in [-0.39, 0.29) is 0 Å². The van der Waals surface area contributed by atoms with Gasteiger partial charge in [-0.3, -0.25) is 0 Å². The molecule has 5 rings (SSSR count). The molecule has 1 fully saturated rings. The number of hydrogen-bond donors (Lipinski definition) is 2. The number of nitrogens with one attached hydrogen (secondary N) is 2. The first-order valence-corrected chi connectivity index (χ1v) is 14.0. The summed E-state index contributed by atoms with van der Waals surface area (Å²) in [5.41, 5.74) is 4.80.